The molecule has 0 N–H and O–H groups in total. The van der Waals surface area contributed by atoms with E-state index in [4.69, 9.17) is 8.83 Å². The number of fused-ring (bicyclic) bond motifs is 9. The van der Waals surface area contributed by atoms with Crippen LogP contribution in [0.3, 0.4) is 0 Å². The predicted octanol–water partition coefficient (Wildman–Crippen LogP) is 16.1. The summed E-state index contributed by atoms with van der Waals surface area (Å²) in [4.78, 5) is 0. The van der Waals surface area contributed by atoms with E-state index in [0.717, 1.165) is 60.6 Å². The van der Waals surface area contributed by atoms with E-state index in [1.807, 2.05) is 12.1 Å². The van der Waals surface area contributed by atoms with Gasteiger partial charge in [0.2, 0.25) is 0 Å². The fourth-order valence-corrected chi connectivity index (χ4v) is 9.35. The number of rotatable bonds is 5. The fraction of sp³-hybridized carbons (Fsp3) is 0. The van der Waals surface area contributed by atoms with Gasteiger partial charge in [-0.25, -0.2) is 0 Å². The SMILES string of the molecule is c1ccc(-c2cc3oc4c(ccc5c6ccccc6oc54)c3cc2-c2c3ccccc3c(-c3c(-c4ccccc4)cccc3-c3ccccc3)c3ccccc23)cc1. The predicted molar refractivity (Wildman–Crippen MR) is 243 cm³/mol. The number of para-hydroxylation sites is 1. The third-order valence-electron chi connectivity index (χ3n) is 11.9. The van der Waals surface area contributed by atoms with Crippen LogP contribution in [-0.4, -0.2) is 0 Å². The molecule has 0 radical (unpaired) electrons. The van der Waals surface area contributed by atoms with Crippen LogP contribution in [0.15, 0.2) is 215 Å². The number of benzene rings is 10. The molecule has 0 saturated carbocycles. The highest BCUT2D eigenvalue weighted by atomic mass is 16.4. The van der Waals surface area contributed by atoms with E-state index in [0.29, 0.717) is 0 Å². The zero-order valence-corrected chi connectivity index (χ0v) is 31.4. The molecule has 2 heteroatoms. The van der Waals surface area contributed by atoms with Gasteiger partial charge in [-0.15, -0.1) is 0 Å². The Hall–Kier alpha value is -7.68. The summed E-state index contributed by atoms with van der Waals surface area (Å²) in [5.74, 6) is 0. The molecule has 0 spiro atoms. The van der Waals surface area contributed by atoms with Gasteiger partial charge < -0.3 is 8.83 Å². The Morgan fingerprint density at radius 1 is 0.224 bits per heavy atom. The smallest absolute Gasteiger partial charge is 0.178 e. The Morgan fingerprint density at radius 2 is 0.655 bits per heavy atom. The van der Waals surface area contributed by atoms with Crippen LogP contribution in [0, 0.1) is 0 Å². The summed E-state index contributed by atoms with van der Waals surface area (Å²) in [6.45, 7) is 0. The van der Waals surface area contributed by atoms with Crippen molar-refractivity contribution in [3.05, 3.63) is 206 Å². The standard InChI is InChI=1S/C56H34O2/c1-4-17-35(18-5-1)38-28-16-29-39(36-19-6-2-7-20-36)53(38)54-43-26-12-10-24-41(43)52(42-25-11-13-27-44(42)54)49-33-48-46-32-31-45-40-23-14-15-30-50(40)57-55(45)56(46)58-51(48)34-47(49)37-21-8-3-9-22-37/h1-34H. The summed E-state index contributed by atoms with van der Waals surface area (Å²) < 4.78 is 13.3. The first-order valence-corrected chi connectivity index (χ1v) is 19.8. The van der Waals surface area contributed by atoms with Crippen molar-refractivity contribution < 1.29 is 8.83 Å². The van der Waals surface area contributed by atoms with E-state index in [9.17, 15) is 0 Å². The monoisotopic (exact) mass is 738 g/mol. The Balaban J connectivity index is 1.22. The summed E-state index contributed by atoms with van der Waals surface area (Å²) in [6.07, 6.45) is 0. The van der Waals surface area contributed by atoms with E-state index >= 15 is 0 Å². The molecule has 0 aliphatic carbocycles. The largest absolute Gasteiger partial charge is 0.452 e. The molecule has 0 fully saturated rings. The van der Waals surface area contributed by atoms with Crippen molar-refractivity contribution in [2.75, 3.05) is 0 Å². The highest BCUT2D eigenvalue weighted by Crippen LogP contribution is 2.51. The number of hydrogen-bond donors (Lipinski definition) is 0. The second-order valence-electron chi connectivity index (χ2n) is 15.1. The lowest BCUT2D eigenvalue weighted by Gasteiger charge is -2.23. The molecule has 12 aromatic rings. The molecule has 2 nitrogen and oxygen atoms in total. The first-order chi connectivity index (χ1) is 28.8. The van der Waals surface area contributed by atoms with Gasteiger partial charge >= 0.3 is 0 Å². The van der Waals surface area contributed by atoms with Crippen molar-refractivity contribution in [1.29, 1.82) is 0 Å². The van der Waals surface area contributed by atoms with Crippen LogP contribution < -0.4 is 0 Å². The molecule has 0 unspecified atom stereocenters. The van der Waals surface area contributed by atoms with Gasteiger partial charge in [0.05, 0.1) is 0 Å². The zero-order valence-electron chi connectivity index (χ0n) is 31.4. The zero-order chi connectivity index (χ0) is 38.2. The Bertz CT molecular complexity index is 3420. The summed E-state index contributed by atoms with van der Waals surface area (Å²) in [6, 6.07) is 74.2. The lowest BCUT2D eigenvalue weighted by molar-refractivity contribution is 0.633. The van der Waals surface area contributed by atoms with Crippen LogP contribution in [0.5, 0.6) is 0 Å². The summed E-state index contributed by atoms with van der Waals surface area (Å²) in [5, 5.41) is 9.05. The van der Waals surface area contributed by atoms with Gasteiger partial charge in [0.15, 0.2) is 11.2 Å². The molecular weight excluding hydrogens is 705 g/mol. The second kappa shape index (κ2) is 12.9. The van der Waals surface area contributed by atoms with Crippen molar-refractivity contribution in [2.45, 2.75) is 0 Å². The molecule has 58 heavy (non-hydrogen) atoms. The van der Waals surface area contributed by atoms with Gasteiger partial charge in [-0.1, -0.05) is 176 Å². The van der Waals surface area contributed by atoms with E-state index < -0.39 is 0 Å². The van der Waals surface area contributed by atoms with Crippen LogP contribution >= 0.6 is 0 Å². The Kier molecular flexibility index (Phi) is 7.26. The highest BCUT2D eigenvalue weighted by Gasteiger charge is 2.25. The number of furan rings is 2. The molecule has 12 rings (SSSR count). The summed E-state index contributed by atoms with van der Waals surface area (Å²) in [7, 11) is 0. The minimum atomic E-state index is 0.774. The van der Waals surface area contributed by atoms with Crippen molar-refractivity contribution in [1.82, 2.24) is 0 Å². The van der Waals surface area contributed by atoms with Gasteiger partial charge in [-0.05, 0) is 108 Å². The van der Waals surface area contributed by atoms with Gasteiger partial charge in [-0.2, -0.15) is 0 Å². The first-order valence-electron chi connectivity index (χ1n) is 19.8. The third-order valence-corrected chi connectivity index (χ3v) is 11.9. The van der Waals surface area contributed by atoms with Crippen molar-refractivity contribution in [3.8, 4) is 55.6 Å². The van der Waals surface area contributed by atoms with Gasteiger partial charge in [-0.3, -0.25) is 0 Å². The Morgan fingerprint density at radius 3 is 1.21 bits per heavy atom. The van der Waals surface area contributed by atoms with Crippen LogP contribution in [0.25, 0.3) is 121 Å². The van der Waals surface area contributed by atoms with E-state index in [-0.39, 0.29) is 0 Å². The molecule has 0 amide bonds. The van der Waals surface area contributed by atoms with Crippen LogP contribution in [0.1, 0.15) is 0 Å². The normalized spacial score (nSPS) is 11.8. The lowest BCUT2D eigenvalue weighted by atomic mass is 9.80. The minimum absolute atomic E-state index is 0.774. The molecule has 2 heterocycles. The minimum Gasteiger partial charge on any atom is -0.452 e. The second-order valence-corrected chi connectivity index (χ2v) is 15.1. The first kappa shape index (κ1) is 32.6. The van der Waals surface area contributed by atoms with E-state index in [1.54, 1.807) is 0 Å². The highest BCUT2D eigenvalue weighted by molar-refractivity contribution is 6.26. The Labute approximate surface area is 334 Å². The van der Waals surface area contributed by atoms with Crippen LogP contribution in [-0.2, 0) is 0 Å². The maximum absolute atomic E-state index is 6.82. The van der Waals surface area contributed by atoms with Gasteiger partial charge in [0.25, 0.3) is 0 Å². The number of hydrogen-bond acceptors (Lipinski definition) is 2. The average Bonchev–Trinajstić information content (AvgIpc) is 3.87. The molecule has 0 saturated heterocycles. The van der Waals surface area contributed by atoms with Gasteiger partial charge in [0.1, 0.15) is 11.2 Å². The van der Waals surface area contributed by atoms with E-state index in [1.165, 1.54) is 60.5 Å². The van der Waals surface area contributed by atoms with Crippen LogP contribution in [0.4, 0.5) is 0 Å². The fourth-order valence-electron chi connectivity index (χ4n) is 9.35. The topological polar surface area (TPSA) is 26.3 Å². The molecule has 2 aromatic heterocycles. The lowest BCUT2D eigenvalue weighted by Crippen LogP contribution is -1.96. The summed E-state index contributed by atoms with van der Waals surface area (Å²) >= 11 is 0. The molecule has 0 aliphatic rings. The van der Waals surface area contributed by atoms with Crippen molar-refractivity contribution in [2.24, 2.45) is 0 Å². The summed E-state index contributed by atoms with van der Waals surface area (Å²) in [5.41, 5.74) is 15.1. The quantitative estimate of drug-likeness (QED) is 0.164. The maximum Gasteiger partial charge on any atom is 0.178 e. The van der Waals surface area contributed by atoms with Crippen LogP contribution in [0.2, 0.25) is 0 Å². The molecule has 0 aliphatic heterocycles. The maximum atomic E-state index is 6.82. The molecule has 270 valence electrons. The molecule has 0 atom stereocenters. The molecule has 10 aromatic carbocycles. The third kappa shape index (κ3) is 4.92. The average molecular weight is 739 g/mol. The molecular formula is C56H34O2. The van der Waals surface area contributed by atoms with E-state index in [2.05, 4.69) is 194 Å². The van der Waals surface area contributed by atoms with Gasteiger partial charge in [0, 0.05) is 21.5 Å². The van der Waals surface area contributed by atoms with Crippen molar-refractivity contribution >= 4 is 65.4 Å². The van der Waals surface area contributed by atoms with Crippen molar-refractivity contribution in [3.63, 3.8) is 0 Å². The molecule has 0 bridgehead atoms.